The summed E-state index contributed by atoms with van der Waals surface area (Å²) in [6.45, 7) is 5.73. The normalized spacial score (nSPS) is 11.8. The number of pyridine rings is 1. The fraction of sp³-hybridized carbons (Fsp3) is 0.172. The van der Waals surface area contributed by atoms with E-state index in [1.165, 1.54) is 6.20 Å². The quantitative estimate of drug-likeness (QED) is 0.314. The number of anilines is 2. The predicted octanol–water partition coefficient (Wildman–Crippen LogP) is 4.65. The van der Waals surface area contributed by atoms with Crippen molar-refractivity contribution in [3.05, 3.63) is 94.9 Å². The third kappa shape index (κ3) is 5.10. The lowest BCUT2D eigenvalue weighted by atomic mass is 10.0. The Bertz CT molecular complexity index is 1760. The van der Waals surface area contributed by atoms with Crippen LogP contribution in [0.4, 0.5) is 11.8 Å². The fourth-order valence-electron chi connectivity index (χ4n) is 4.36. The Morgan fingerprint density at radius 2 is 1.82 bits per heavy atom. The second-order valence-electron chi connectivity index (χ2n) is 9.19. The van der Waals surface area contributed by atoms with E-state index in [1.807, 2.05) is 69.3 Å². The molecule has 194 valence electrons. The Hall–Kier alpha value is -5.30. The number of nitrogen functional groups attached to an aromatic ring is 1. The SMILES string of the molecule is CC(C)Oc1cncc(-c2cccc3nc([C@H](C)Nc4nc(N)ncc4C#N)n(-c4ccccc4)c(=O)c23)c1. The van der Waals surface area contributed by atoms with Crippen molar-refractivity contribution in [1.29, 1.82) is 5.26 Å². The van der Waals surface area contributed by atoms with Gasteiger partial charge in [0.1, 0.15) is 29.0 Å². The molecule has 3 N–H and O–H groups in total. The Morgan fingerprint density at radius 1 is 1.03 bits per heavy atom. The number of nitrogens with zero attached hydrogens (tertiary/aromatic N) is 6. The molecule has 10 heteroatoms. The lowest BCUT2D eigenvalue weighted by Gasteiger charge is -2.21. The van der Waals surface area contributed by atoms with Gasteiger partial charge in [0.25, 0.3) is 5.56 Å². The minimum absolute atomic E-state index is 0.0186. The van der Waals surface area contributed by atoms with Crippen molar-refractivity contribution >= 4 is 22.7 Å². The van der Waals surface area contributed by atoms with Crippen molar-refractivity contribution in [3.63, 3.8) is 0 Å². The van der Waals surface area contributed by atoms with E-state index >= 15 is 0 Å². The molecule has 0 aliphatic heterocycles. The number of hydrogen-bond donors (Lipinski definition) is 2. The lowest BCUT2D eigenvalue weighted by Crippen LogP contribution is -2.28. The molecular formula is C29H26N8O2. The summed E-state index contributed by atoms with van der Waals surface area (Å²) in [6, 6.07) is 18.2. The van der Waals surface area contributed by atoms with E-state index in [2.05, 4.69) is 26.3 Å². The zero-order valence-corrected chi connectivity index (χ0v) is 21.7. The molecule has 0 spiro atoms. The Morgan fingerprint density at radius 3 is 2.56 bits per heavy atom. The van der Waals surface area contributed by atoms with Gasteiger partial charge in [-0.3, -0.25) is 14.3 Å². The summed E-state index contributed by atoms with van der Waals surface area (Å²) >= 11 is 0. The van der Waals surface area contributed by atoms with E-state index in [0.29, 0.717) is 33.7 Å². The number of ether oxygens (including phenoxy) is 1. The first kappa shape index (κ1) is 25.4. The van der Waals surface area contributed by atoms with Crippen LogP contribution in [-0.2, 0) is 0 Å². The van der Waals surface area contributed by atoms with E-state index in [9.17, 15) is 10.1 Å². The molecule has 0 bridgehead atoms. The standard InChI is InChI=1S/C29H26N8O2/c1-17(2)39-22-12-19(14-32-16-22)23-10-7-11-24-25(23)28(38)37(21-8-5-4-6-9-21)27(35-24)18(3)34-26-20(13-30)15-33-29(31)36-26/h4-12,14-18H,1-3H3,(H3,31,33,34,36)/t18-/m0/s1. The third-order valence-corrected chi connectivity index (χ3v) is 6.00. The average molecular weight is 519 g/mol. The van der Waals surface area contributed by atoms with Gasteiger partial charge in [0.15, 0.2) is 0 Å². The number of rotatable bonds is 7. The van der Waals surface area contributed by atoms with Gasteiger partial charge >= 0.3 is 0 Å². The summed E-state index contributed by atoms with van der Waals surface area (Å²) in [6.07, 6.45) is 4.69. The van der Waals surface area contributed by atoms with Gasteiger partial charge in [-0.1, -0.05) is 30.3 Å². The van der Waals surface area contributed by atoms with Crippen LogP contribution in [0.5, 0.6) is 5.75 Å². The van der Waals surface area contributed by atoms with Crippen LogP contribution in [0.15, 0.2) is 78.0 Å². The van der Waals surface area contributed by atoms with Crippen LogP contribution in [0.3, 0.4) is 0 Å². The van der Waals surface area contributed by atoms with Crippen LogP contribution in [-0.4, -0.2) is 30.6 Å². The summed E-state index contributed by atoms with van der Waals surface area (Å²) in [7, 11) is 0. The number of nitrogens with two attached hydrogens (primary N) is 1. The van der Waals surface area contributed by atoms with Crippen LogP contribution in [0.1, 0.15) is 38.2 Å². The first-order valence-corrected chi connectivity index (χ1v) is 12.4. The second-order valence-corrected chi connectivity index (χ2v) is 9.19. The Balaban J connectivity index is 1.72. The fourth-order valence-corrected chi connectivity index (χ4v) is 4.36. The van der Waals surface area contributed by atoms with Crippen molar-refractivity contribution in [1.82, 2.24) is 24.5 Å². The molecule has 5 aromatic rings. The first-order valence-electron chi connectivity index (χ1n) is 12.4. The summed E-state index contributed by atoms with van der Waals surface area (Å²) in [5.74, 6) is 1.33. The molecule has 2 aromatic carbocycles. The van der Waals surface area contributed by atoms with Crippen LogP contribution in [0, 0.1) is 11.3 Å². The van der Waals surface area contributed by atoms with Crippen molar-refractivity contribution in [2.45, 2.75) is 32.9 Å². The molecule has 3 aromatic heterocycles. The highest BCUT2D eigenvalue weighted by Gasteiger charge is 2.21. The van der Waals surface area contributed by atoms with Gasteiger partial charge in [0.2, 0.25) is 5.95 Å². The van der Waals surface area contributed by atoms with Crippen molar-refractivity contribution in [3.8, 4) is 28.6 Å². The molecule has 0 unspecified atom stereocenters. The maximum absolute atomic E-state index is 14.3. The molecule has 39 heavy (non-hydrogen) atoms. The molecule has 0 saturated carbocycles. The number of fused-ring (bicyclic) bond motifs is 1. The maximum Gasteiger partial charge on any atom is 0.266 e. The minimum atomic E-state index is -0.531. The Kier molecular flexibility index (Phi) is 6.89. The molecule has 0 saturated heterocycles. The molecule has 0 fully saturated rings. The van der Waals surface area contributed by atoms with Gasteiger partial charge in [-0.25, -0.2) is 9.97 Å². The molecule has 3 heterocycles. The summed E-state index contributed by atoms with van der Waals surface area (Å²) < 4.78 is 7.41. The van der Waals surface area contributed by atoms with Gasteiger partial charge in [-0.2, -0.15) is 10.2 Å². The highest BCUT2D eigenvalue weighted by molar-refractivity contribution is 5.94. The first-order chi connectivity index (χ1) is 18.9. The molecule has 10 nitrogen and oxygen atoms in total. The molecule has 0 aliphatic carbocycles. The van der Waals surface area contributed by atoms with E-state index in [0.717, 1.165) is 5.56 Å². The summed E-state index contributed by atoms with van der Waals surface area (Å²) in [5, 5.41) is 13.2. The average Bonchev–Trinajstić information content (AvgIpc) is 2.93. The minimum Gasteiger partial charge on any atom is -0.489 e. The van der Waals surface area contributed by atoms with Gasteiger partial charge in [-0.05, 0) is 50.6 Å². The maximum atomic E-state index is 14.3. The van der Waals surface area contributed by atoms with Crippen molar-refractivity contribution < 1.29 is 4.74 Å². The molecule has 1 atom stereocenters. The van der Waals surface area contributed by atoms with Gasteiger partial charge in [-0.15, -0.1) is 0 Å². The topological polar surface area (TPSA) is 145 Å². The van der Waals surface area contributed by atoms with E-state index < -0.39 is 6.04 Å². The van der Waals surface area contributed by atoms with Crippen LogP contribution < -0.4 is 21.3 Å². The summed E-state index contributed by atoms with van der Waals surface area (Å²) in [4.78, 5) is 31.6. The molecule has 0 amide bonds. The number of para-hydroxylation sites is 1. The van der Waals surface area contributed by atoms with Crippen molar-refractivity contribution in [2.75, 3.05) is 11.1 Å². The predicted molar refractivity (Wildman–Crippen MR) is 150 cm³/mol. The van der Waals surface area contributed by atoms with Gasteiger partial charge in [0.05, 0.1) is 41.1 Å². The molecular weight excluding hydrogens is 492 g/mol. The van der Waals surface area contributed by atoms with E-state index in [4.69, 9.17) is 15.5 Å². The van der Waals surface area contributed by atoms with E-state index in [-0.39, 0.29) is 29.0 Å². The third-order valence-electron chi connectivity index (χ3n) is 6.00. The monoisotopic (exact) mass is 518 g/mol. The highest BCUT2D eigenvalue weighted by Crippen LogP contribution is 2.30. The number of hydrogen-bond acceptors (Lipinski definition) is 9. The van der Waals surface area contributed by atoms with Crippen LogP contribution in [0.2, 0.25) is 0 Å². The number of aromatic nitrogens is 5. The molecule has 0 radical (unpaired) electrons. The van der Waals surface area contributed by atoms with Gasteiger partial charge in [0, 0.05) is 11.8 Å². The zero-order chi connectivity index (χ0) is 27.5. The largest absolute Gasteiger partial charge is 0.489 e. The highest BCUT2D eigenvalue weighted by atomic mass is 16.5. The van der Waals surface area contributed by atoms with Crippen LogP contribution in [0.25, 0.3) is 27.7 Å². The van der Waals surface area contributed by atoms with Crippen molar-refractivity contribution in [2.24, 2.45) is 0 Å². The van der Waals surface area contributed by atoms with Crippen LogP contribution >= 0.6 is 0 Å². The zero-order valence-electron chi connectivity index (χ0n) is 21.7. The van der Waals surface area contributed by atoms with E-state index in [1.54, 1.807) is 23.0 Å². The number of nitrogens with one attached hydrogen (secondary N) is 1. The Labute approximate surface area is 224 Å². The second kappa shape index (κ2) is 10.6. The molecule has 5 rings (SSSR count). The number of nitriles is 1. The lowest BCUT2D eigenvalue weighted by molar-refractivity contribution is 0.241. The smallest absolute Gasteiger partial charge is 0.266 e. The van der Waals surface area contributed by atoms with Gasteiger partial charge < -0.3 is 15.8 Å². The molecule has 0 aliphatic rings. The number of benzene rings is 2. The summed E-state index contributed by atoms with van der Waals surface area (Å²) in [5.41, 5.74) is 8.35.